The highest BCUT2D eigenvalue weighted by molar-refractivity contribution is 6.36. The number of allylic oxidation sites excluding steroid dienone is 3. The molecule has 2 atom stereocenters. The van der Waals surface area contributed by atoms with Gasteiger partial charge >= 0.3 is 0 Å². The van der Waals surface area contributed by atoms with Crippen molar-refractivity contribution in [1.82, 2.24) is 15.3 Å². The van der Waals surface area contributed by atoms with E-state index in [0.717, 1.165) is 0 Å². The highest BCUT2D eigenvalue weighted by Gasteiger charge is 2.59. The van der Waals surface area contributed by atoms with Crippen molar-refractivity contribution >= 4 is 34.8 Å². The summed E-state index contributed by atoms with van der Waals surface area (Å²) in [6, 6.07) is 5.88. The number of carbonyl (C=O) groups is 2. The average molecular weight is 398 g/mol. The minimum Gasteiger partial charge on any atom is -0.382 e. The van der Waals surface area contributed by atoms with Crippen molar-refractivity contribution in [2.75, 3.05) is 17.2 Å². The molecule has 3 heterocycles. The molecule has 2 aromatic rings. The maximum atomic E-state index is 14.0. The van der Waals surface area contributed by atoms with Crippen LogP contribution in [0.2, 0.25) is 0 Å². The van der Waals surface area contributed by atoms with Gasteiger partial charge < -0.3 is 16.0 Å². The van der Waals surface area contributed by atoms with Crippen LogP contribution in [-0.2, 0) is 15.1 Å². The van der Waals surface area contributed by atoms with Crippen LogP contribution in [0.1, 0.15) is 5.56 Å². The van der Waals surface area contributed by atoms with Gasteiger partial charge in [0.05, 0.1) is 22.2 Å². The lowest BCUT2D eigenvalue weighted by molar-refractivity contribution is -0.120. The second-order valence-electron chi connectivity index (χ2n) is 6.81. The van der Waals surface area contributed by atoms with E-state index < -0.39 is 23.2 Å². The molecule has 1 amide bonds. The van der Waals surface area contributed by atoms with Gasteiger partial charge in [-0.05, 0) is 30.3 Å². The molecule has 1 aromatic carbocycles. The number of hydrogen-bond donors (Lipinski definition) is 3. The molecule has 1 aromatic heterocycles. The van der Waals surface area contributed by atoms with Crippen molar-refractivity contribution in [1.29, 1.82) is 0 Å². The van der Waals surface area contributed by atoms with Crippen LogP contribution in [0.3, 0.4) is 0 Å². The van der Waals surface area contributed by atoms with Crippen molar-refractivity contribution in [3.63, 3.8) is 0 Å². The summed E-state index contributed by atoms with van der Waals surface area (Å²) in [5.74, 6) is -1.67. The van der Waals surface area contributed by atoms with Crippen molar-refractivity contribution in [3.05, 3.63) is 70.5 Å². The predicted molar refractivity (Wildman–Crippen MR) is 99.8 cm³/mol. The van der Waals surface area contributed by atoms with E-state index in [2.05, 4.69) is 25.9 Å². The lowest BCUT2D eigenvalue weighted by atomic mass is 9.74. The van der Waals surface area contributed by atoms with Crippen molar-refractivity contribution in [3.8, 4) is 0 Å². The fraction of sp³-hybridized carbons (Fsp3) is 0.158. The highest BCUT2D eigenvalue weighted by atomic mass is 35.5. The molecule has 7 nitrogen and oxygen atoms in total. The van der Waals surface area contributed by atoms with Gasteiger partial charge in [-0.1, -0.05) is 11.6 Å². The number of benzene rings is 1. The van der Waals surface area contributed by atoms with E-state index in [4.69, 9.17) is 11.6 Å². The molecule has 9 heteroatoms. The molecule has 3 aliphatic rings. The van der Waals surface area contributed by atoms with Crippen molar-refractivity contribution in [2.45, 2.75) is 5.54 Å². The van der Waals surface area contributed by atoms with E-state index in [9.17, 15) is 14.0 Å². The Hall–Kier alpha value is -3.26. The molecule has 2 unspecified atom stereocenters. The van der Waals surface area contributed by atoms with E-state index in [-0.39, 0.29) is 28.6 Å². The van der Waals surface area contributed by atoms with Gasteiger partial charge in [-0.15, -0.1) is 0 Å². The summed E-state index contributed by atoms with van der Waals surface area (Å²) in [5.41, 5.74) is 0.499. The molecule has 140 valence electrons. The average Bonchev–Trinajstić information content (AvgIpc) is 3.18. The summed E-state index contributed by atoms with van der Waals surface area (Å²) in [4.78, 5) is 34.0. The molecule has 1 spiro atoms. The maximum Gasteiger partial charge on any atom is 0.250 e. The third-order valence-corrected chi connectivity index (χ3v) is 5.60. The largest absolute Gasteiger partial charge is 0.382 e. The maximum absolute atomic E-state index is 14.0. The lowest BCUT2D eigenvalue weighted by Gasteiger charge is -2.32. The summed E-state index contributed by atoms with van der Waals surface area (Å²) >= 11 is 6.38. The summed E-state index contributed by atoms with van der Waals surface area (Å²) in [6.07, 6.45) is 4.31. The Labute approximate surface area is 163 Å². The smallest absolute Gasteiger partial charge is 0.250 e. The molecule has 0 radical (unpaired) electrons. The zero-order chi connectivity index (χ0) is 19.5. The number of fused-ring (bicyclic) bond motifs is 4. The number of nitrogens with one attached hydrogen (secondary N) is 3. The number of nitrogens with zero attached hydrogens (tertiary/aromatic N) is 2. The molecule has 1 aliphatic carbocycles. The number of halogens is 2. The zero-order valence-electron chi connectivity index (χ0n) is 14.3. The lowest BCUT2D eigenvalue weighted by Crippen LogP contribution is -2.48. The molecule has 2 aliphatic heterocycles. The van der Waals surface area contributed by atoms with E-state index in [1.165, 1.54) is 30.7 Å². The Bertz CT molecular complexity index is 1100. The van der Waals surface area contributed by atoms with E-state index in [0.29, 0.717) is 17.1 Å². The van der Waals surface area contributed by atoms with Gasteiger partial charge in [-0.25, -0.2) is 14.4 Å². The van der Waals surface area contributed by atoms with Gasteiger partial charge in [0.25, 0.3) is 0 Å². The molecule has 1 saturated heterocycles. The quantitative estimate of drug-likeness (QED) is 0.718. The number of aromatic nitrogens is 2. The first-order chi connectivity index (χ1) is 13.5. The number of amides is 1. The van der Waals surface area contributed by atoms with Crippen LogP contribution >= 0.6 is 11.6 Å². The zero-order valence-corrected chi connectivity index (χ0v) is 15.0. The Morgan fingerprint density at radius 3 is 2.93 bits per heavy atom. The first-order valence-corrected chi connectivity index (χ1v) is 8.92. The van der Waals surface area contributed by atoms with Gasteiger partial charge in [0, 0.05) is 29.6 Å². The molecule has 5 rings (SSSR count). The van der Waals surface area contributed by atoms with Crippen LogP contribution in [0.4, 0.5) is 15.9 Å². The van der Waals surface area contributed by atoms with Gasteiger partial charge in [0.1, 0.15) is 18.0 Å². The van der Waals surface area contributed by atoms with Gasteiger partial charge in [0.15, 0.2) is 5.78 Å². The molecule has 3 N–H and O–H groups in total. The second-order valence-corrected chi connectivity index (χ2v) is 7.21. The third kappa shape index (κ3) is 2.27. The van der Waals surface area contributed by atoms with Gasteiger partial charge in [-0.3, -0.25) is 9.59 Å². The Balaban J connectivity index is 1.62. The van der Waals surface area contributed by atoms with Crippen molar-refractivity contribution in [2.24, 2.45) is 5.92 Å². The van der Waals surface area contributed by atoms with Crippen LogP contribution in [0, 0.1) is 11.7 Å². The summed E-state index contributed by atoms with van der Waals surface area (Å²) in [5, 5.41) is 9.14. The third-order valence-electron chi connectivity index (χ3n) is 5.28. The van der Waals surface area contributed by atoms with Crippen LogP contribution in [0.25, 0.3) is 0 Å². The minimum atomic E-state index is -1.10. The Morgan fingerprint density at radius 1 is 1.29 bits per heavy atom. The van der Waals surface area contributed by atoms with Gasteiger partial charge in [-0.2, -0.15) is 0 Å². The number of ketones is 1. The number of hydrogen-bond acceptors (Lipinski definition) is 6. The van der Waals surface area contributed by atoms with E-state index in [1.807, 2.05) is 0 Å². The predicted octanol–water partition coefficient (Wildman–Crippen LogP) is 2.05. The number of rotatable bonds is 2. The number of Topliss-reactive ketones (excluding diaryl/α,β-unsaturated/α-hetero) is 1. The van der Waals surface area contributed by atoms with Gasteiger partial charge in [0.2, 0.25) is 5.91 Å². The van der Waals surface area contributed by atoms with E-state index >= 15 is 0 Å². The number of anilines is 2. The van der Waals surface area contributed by atoms with Crippen molar-refractivity contribution < 1.29 is 14.0 Å². The van der Waals surface area contributed by atoms with Crippen LogP contribution < -0.4 is 16.0 Å². The molecule has 1 fully saturated rings. The second kappa shape index (κ2) is 5.87. The molecule has 0 bridgehead atoms. The molecular weight excluding hydrogens is 385 g/mol. The fourth-order valence-corrected chi connectivity index (χ4v) is 4.39. The summed E-state index contributed by atoms with van der Waals surface area (Å²) in [6.45, 7) is 0.252. The minimum absolute atomic E-state index is 0.167. The standard InChI is InChI=1S/C19H13ClFN5O2/c20-11-6-13(25-14-3-4-22-8-24-14)17(27)16-15(11)18(28)26-19(16)7-23-12-2-1-9(21)5-10(12)19/h1-6,8,16,23H,7H2,(H,26,28)(H,22,24,25). The van der Waals surface area contributed by atoms with E-state index in [1.54, 1.807) is 12.1 Å². The normalized spacial score (nSPS) is 25.2. The summed E-state index contributed by atoms with van der Waals surface area (Å²) < 4.78 is 14.0. The van der Waals surface area contributed by atoms with Crippen LogP contribution in [-0.4, -0.2) is 28.2 Å². The SMILES string of the molecule is O=C1NC2(CNc3ccc(F)cc32)C2C(=O)C(Nc3ccncn3)=CC(Cl)=C12. The topological polar surface area (TPSA) is 96.0 Å². The number of carbonyl (C=O) groups excluding carboxylic acids is 2. The monoisotopic (exact) mass is 397 g/mol. The highest BCUT2D eigenvalue weighted by Crippen LogP contribution is 2.50. The summed E-state index contributed by atoms with van der Waals surface area (Å²) in [7, 11) is 0. The molecule has 0 saturated carbocycles. The van der Waals surface area contributed by atoms with Crippen LogP contribution in [0.15, 0.2) is 59.2 Å². The molecular formula is C19H13ClFN5O2. The fourth-order valence-electron chi connectivity index (χ4n) is 4.09. The first-order valence-electron chi connectivity index (χ1n) is 8.54. The first kappa shape index (κ1) is 16.9. The Morgan fingerprint density at radius 2 is 2.14 bits per heavy atom. The van der Waals surface area contributed by atoms with Crippen LogP contribution in [0.5, 0.6) is 0 Å². The Kier molecular flexibility index (Phi) is 3.54. The molecule has 28 heavy (non-hydrogen) atoms.